The summed E-state index contributed by atoms with van der Waals surface area (Å²) in [7, 11) is 0. The largest absolute Gasteiger partial charge is 0.392 e. The lowest BCUT2D eigenvalue weighted by molar-refractivity contribution is 0.104. The minimum Gasteiger partial charge on any atom is -0.392 e. The van der Waals surface area contributed by atoms with E-state index in [9.17, 15) is 5.11 Å². The van der Waals surface area contributed by atoms with Gasteiger partial charge < -0.3 is 10.0 Å². The van der Waals surface area contributed by atoms with Crippen molar-refractivity contribution in [3.63, 3.8) is 0 Å². The Morgan fingerprint density at radius 1 is 1.08 bits per heavy atom. The van der Waals surface area contributed by atoms with Gasteiger partial charge in [-0.15, -0.1) is 0 Å². The van der Waals surface area contributed by atoms with Crippen LogP contribution < -0.4 is 0 Å². The number of hydrogen-bond donors (Lipinski definition) is 1. The number of hydrogen-bond acceptors (Lipinski definition) is 2. The molecule has 0 aromatic heterocycles. The number of aliphatic hydroxyl groups excluding tert-OH is 1. The Morgan fingerprint density at radius 2 is 1.69 bits per heavy atom. The summed E-state index contributed by atoms with van der Waals surface area (Å²) in [5, 5.41) is 9.50. The average molecular weight is 187 g/mol. The molecule has 0 rings (SSSR count). The van der Waals surface area contributed by atoms with Crippen molar-refractivity contribution in [2.24, 2.45) is 5.92 Å². The summed E-state index contributed by atoms with van der Waals surface area (Å²) < 4.78 is 0. The van der Waals surface area contributed by atoms with E-state index < -0.39 is 0 Å². The van der Waals surface area contributed by atoms with Gasteiger partial charge in [-0.2, -0.15) is 0 Å². The highest BCUT2D eigenvalue weighted by Gasteiger charge is 2.10. The quantitative estimate of drug-likeness (QED) is 0.660. The van der Waals surface area contributed by atoms with E-state index in [1.807, 2.05) is 6.92 Å². The lowest BCUT2D eigenvalue weighted by Gasteiger charge is -2.25. The molecule has 0 spiro atoms. The Bertz CT molecular complexity index is 105. The molecule has 0 heterocycles. The third-order valence-electron chi connectivity index (χ3n) is 2.65. The molecular formula is C11H25NO. The standard InChI is InChI=1S/C11H25NO/c1-5-10(4)8-12(7-3)9-11(13)6-2/h10-11,13H,5-9H2,1-4H3. The van der Waals surface area contributed by atoms with Crippen LogP contribution in [-0.2, 0) is 0 Å². The molecule has 2 nitrogen and oxygen atoms in total. The Hall–Kier alpha value is -0.0800. The minimum absolute atomic E-state index is 0.149. The highest BCUT2D eigenvalue weighted by molar-refractivity contribution is 4.64. The van der Waals surface area contributed by atoms with Crippen molar-refractivity contribution in [1.29, 1.82) is 0 Å². The summed E-state index contributed by atoms with van der Waals surface area (Å²) in [5.74, 6) is 0.740. The lowest BCUT2D eigenvalue weighted by atomic mass is 10.1. The van der Waals surface area contributed by atoms with Gasteiger partial charge in [0, 0.05) is 13.1 Å². The third-order valence-corrected chi connectivity index (χ3v) is 2.65. The third kappa shape index (κ3) is 6.05. The van der Waals surface area contributed by atoms with E-state index in [2.05, 4.69) is 25.7 Å². The monoisotopic (exact) mass is 187 g/mol. The van der Waals surface area contributed by atoms with Crippen LogP contribution in [-0.4, -0.2) is 35.7 Å². The first-order valence-corrected chi connectivity index (χ1v) is 5.54. The van der Waals surface area contributed by atoms with Gasteiger partial charge in [0.2, 0.25) is 0 Å². The van der Waals surface area contributed by atoms with E-state index in [4.69, 9.17) is 0 Å². The number of likely N-dealkylation sites (N-methyl/N-ethyl adjacent to an activating group) is 1. The zero-order valence-electron chi connectivity index (χ0n) is 9.58. The second kappa shape index (κ2) is 7.34. The molecule has 0 radical (unpaired) electrons. The Labute approximate surface area is 82.9 Å². The first kappa shape index (κ1) is 12.9. The normalized spacial score (nSPS) is 16.2. The molecule has 1 N–H and O–H groups in total. The maximum atomic E-state index is 9.50. The summed E-state index contributed by atoms with van der Waals surface area (Å²) in [4.78, 5) is 2.34. The van der Waals surface area contributed by atoms with Crippen molar-refractivity contribution in [1.82, 2.24) is 4.90 Å². The fraction of sp³-hybridized carbons (Fsp3) is 1.00. The Balaban J connectivity index is 3.74. The zero-order valence-corrected chi connectivity index (χ0v) is 9.58. The van der Waals surface area contributed by atoms with E-state index in [-0.39, 0.29) is 6.10 Å². The smallest absolute Gasteiger partial charge is 0.0664 e. The first-order valence-electron chi connectivity index (χ1n) is 5.54. The fourth-order valence-corrected chi connectivity index (χ4v) is 1.33. The summed E-state index contributed by atoms with van der Waals surface area (Å²) in [6.07, 6.45) is 1.93. The molecule has 2 heteroatoms. The highest BCUT2D eigenvalue weighted by atomic mass is 16.3. The number of nitrogens with zero attached hydrogens (tertiary/aromatic N) is 1. The molecule has 0 amide bonds. The van der Waals surface area contributed by atoms with E-state index in [0.717, 1.165) is 32.0 Å². The van der Waals surface area contributed by atoms with E-state index >= 15 is 0 Å². The maximum absolute atomic E-state index is 9.50. The van der Waals surface area contributed by atoms with E-state index in [0.29, 0.717) is 0 Å². The number of aliphatic hydroxyl groups is 1. The van der Waals surface area contributed by atoms with Gasteiger partial charge in [0.05, 0.1) is 6.10 Å². The van der Waals surface area contributed by atoms with Gasteiger partial charge in [-0.3, -0.25) is 0 Å². The molecule has 2 atom stereocenters. The molecule has 0 aliphatic rings. The van der Waals surface area contributed by atoms with Crippen molar-refractivity contribution in [2.45, 2.75) is 46.6 Å². The molecule has 0 saturated heterocycles. The van der Waals surface area contributed by atoms with Gasteiger partial charge in [-0.1, -0.05) is 34.1 Å². The average Bonchev–Trinajstić information content (AvgIpc) is 2.16. The van der Waals surface area contributed by atoms with Crippen LogP contribution in [0.4, 0.5) is 0 Å². The molecule has 0 fully saturated rings. The summed E-state index contributed by atoms with van der Waals surface area (Å²) in [6.45, 7) is 11.7. The van der Waals surface area contributed by atoms with Crippen LogP contribution in [0.2, 0.25) is 0 Å². The van der Waals surface area contributed by atoms with Gasteiger partial charge in [-0.25, -0.2) is 0 Å². The summed E-state index contributed by atoms with van der Waals surface area (Å²) in [6, 6.07) is 0. The van der Waals surface area contributed by atoms with Crippen molar-refractivity contribution in [2.75, 3.05) is 19.6 Å². The molecular weight excluding hydrogens is 162 g/mol. The second-order valence-electron chi connectivity index (χ2n) is 3.93. The van der Waals surface area contributed by atoms with Crippen LogP contribution in [0.5, 0.6) is 0 Å². The molecule has 80 valence electrons. The number of rotatable bonds is 7. The van der Waals surface area contributed by atoms with Crippen LogP contribution in [0.15, 0.2) is 0 Å². The molecule has 13 heavy (non-hydrogen) atoms. The molecule has 0 aromatic carbocycles. The van der Waals surface area contributed by atoms with Crippen LogP contribution in [0, 0.1) is 5.92 Å². The summed E-state index contributed by atoms with van der Waals surface area (Å²) in [5.41, 5.74) is 0. The Kier molecular flexibility index (Phi) is 7.29. The van der Waals surface area contributed by atoms with Crippen molar-refractivity contribution in [3.8, 4) is 0 Å². The van der Waals surface area contributed by atoms with Gasteiger partial charge in [-0.05, 0) is 18.9 Å². The maximum Gasteiger partial charge on any atom is 0.0664 e. The van der Waals surface area contributed by atoms with E-state index in [1.54, 1.807) is 0 Å². The second-order valence-corrected chi connectivity index (χ2v) is 3.93. The van der Waals surface area contributed by atoms with Crippen molar-refractivity contribution in [3.05, 3.63) is 0 Å². The first-order chi connectivity index (χ1) is 6.13. The van der Waals surface area contributed by atoms with Gasteiger partial charge in [0.15, 0.2) is 0 Å². The lowest BCUT2D eigenvalue weighted by Crippen LogP contribution is -2.35. The minimum atomic E-state index is -0.149. The molecule has 2 unspecified atom stereocenters. The SMILES string of the molecule is CCC(C)CN(CC)CC(O)CC. The highest BCUT2D eigenvalue weighted by Crippen LogP contribution is 2.05. The fourth-order valence-electron chi connectivity index (χ4n) is 1.33. The topological polar surface area (TPSA) is 23.5 Å². The van der Waals surface area contributed by atoms with Crippen molar-refractivity contribution >= 4 is 0 Å². The van der Waals surface area contributed by atoms with Crippen LogP contribution in [0.3, 0.4) is 0 Å². The van der Waals surface area contributed by atoms with Crippen LogP contribution in [0.1, 0.15) is 40.5 Å². The molecule has 0 aliphatic carbocycles. The predicted octanol–water partition coefficient (Wildman–Crippen LogP) is 2.13. The van der Waals surface area contributed by atoms with Gasteiger partial charge >= 0.3 is 0 Å². The predicted molar refractivity (Wildman–Crippen MR) is 57.9 cm³/mol. The molecule has 0 bridgehead atoms. The van der Waals surface area contributed by atoms with Gasteiger partial charge in [0.1, 0.15) is 0 Å². The Morgan fingerprint density at radius 3 is 2.08 bits per heavy atom. The van der Waals surface area contributed by atoms with Crippen LogP contribution >= 0.6 is 0 Å². The van der Waals surface area contributed by atoms with Gasteiger partial charge in [0.25, 0.3) is 0 Å². The molecule has 0 aliphatic heterocycles. The van der Waals surface area contributed by atoms with Crippen molar-refractivity contribution < 1.29 is 5.11 Å². The van der Waals surface area contributed by atoms with Crippen LogP contribution in [0.25, 0.3) is 0 Å². The molecule has 0 aromatic rings. The van der Waals surface area contributed by atoms with E-state index in [1.165, 1.54) is 6.42 Å². The zero-order chi connectivity index (χ0) is 10.3. The molecule has 0 saturated carbocycles. The summed E-state index contributed by atoms with van der Waals surface area (Å²) >= 11 is 0.